The van der Waals surface area contributed by atoms with Gasteiger partial charge in [0, 0.05) is 10.0 Å². The molecule has 0 aliphatic carbocycles. The standard InChI is InChI=1S/C10H8BrF3O2/c11-6-1-2-7(9-15-3-4-16-9)8(5-6)10(12,13)14/h1-2,5,9H,3-4H2. The van der Waals surface area contributed by atoms with Gasteiger partial charge in [-0.1, -0.05) is 22.0 Å². The van der Waals surface area contributed by atoms with Crippen molar-refractivity contribution in [2.75, 3.05) is 13.2 Å². The monoisotopic (exact) mass is 296 g/mol. The Morgan fingerprint density at radius 2 is 1.81 bits per heavy atom. The lowest BCUT2D eigenvalue weighted by Gasteiger charge is -2.16. The van der Waals surface area contributed by atoms with E-state index in [0.717, 1.165) is 6.07 Å². The van der Waals surface area contributed by atoms with Crippen LogP contribution in [0.15, 0.2) is 22.7 Å². The third-order valence-corrected chi connectivity index (χ3v) is 2.69. The van der Waals surface area contributed by atoms with Gasteiger partial charge in [-0.25, -0.2) is 0 Å². The molecule has 6 heteroatoms. The topological polar surface area (TPSA) is 18.5 Å². The molecule has 1 aromatic carbocycles. The number of ether oxygens (including phenoxy) is 2. The fourth-order valence-corrected chi connectivity index (χ4v) is 1.88. The highest BCUT2D eigenvalue weighted by atomic mass is 79.9. The Labute approximate surface area is 98.5 Å². The summed E-state index contributed by atoms with van der Waals surface area (Å²) in [5, 5.41) is 0. The second kappa shape index (κ2) is 4.35. The van der Waals surface area contributed by atoms with Gasteiger partial charge in [-0.2, -0.15) is 13.2 Å². The van der Waals surface area contributed by atoms with Crippen LogP contribution in [0.2, 0.25) is 0 Å². The Balaban J connectivity index is 2.43. The Hall–Kier alpha value is -0.590. The van der Waals surface area contributed by atoms with Crippen molar-refractivity contribution < 1.29 is 22.6 Å². The van der Waals surface area contributed by atoms with Gasteiger partial charge >= 0.3 is 6.18 Å². The Bertz CT molecular complexity index is 386. The molecule has 0 aromatic heterocycles. The molecule has 0 radical (unpaired) electrons. The lowest BCUT2D eigenvalue weighted by Crippen LogP contribution is -2.12. The molecular formula is C10H8BrF3O2. The average molecular weight is 297 g/mol. The predicted molar refractivity (Wildman–Crippen MR) is 53.8 cm³/mol. The highest BCUT2D eigenvalue weighted by molar-refractivity contribution is 9.10. The third kappa shape index (κ3) is 2.39. The molecule has 1 heterocycles. The first kappa shape index (κ1) is 11.9. The van der Waals surface area contributed by atoms with Gasteiger partial charge in [-0.15, -0.1) is 0 Å². The van der Waals surface area contributed by atoms with Crippen LogP contribution in [0.25, 0.3) is 0 Å². The zero-order valence-electron chi connectivity index (χ0n) is 8.05. The van der Waals surface area contributed by atoms with Crippen molar-refractivity contribution in [2.45, 2.75) is 12.5 Å². The first-order valence-electron chi connectivity index (χ1n) is 4.58. The van der Waals surface area contributed by atoms with Crippen LogP contribution in [0.3, 0.4) is 0 Å². The van der Waals surface area contributed by atoms with Crippen molar-refractivity contribution in [2.24, 2.45) is 0 Å². The summed E-state index contributed by atoms with van der Waals surface area (Å²) in [6.07, 6.45) is -5.32. The molecule has 16 heavy (non-hydrogen) atoms. The summed E-state index contributed by atoms with van der Waals surface area (Å²) in [6, 6.07) is 3.93. The highest BCUT2D eigenvalue weighted by Gasteiger charge is 2.36. The molecule has 88 valence electrons. The van der Waals surface area contributed by atoms with E-state index in [1.165, 1.54) is 12.1 Å². The second-order valence-corrected chi connectivity index (χ2v) is 4.22. The minimum atomic E-state index is -4.41. The van der Waals surface area contributed by atoms with E-state index in [4.69, 9.17) is 9.47 Å². The van der Waals surface area contributed by atoms with Crippen molar-refractivity contribution in [3.63, 3.8) is 0 Å². The van der Waals surface area contributed by atoms with E-state index in [9.17, 15) is 13.2 Å². The summed E-state index contributed by atoms with van der Waals surface area (Å²) in [5.74, 6) is 0. The molecule has 0 unspecified atom stereocenters. The largest absolute Gasteiger partial charge is 0.416 e. The van der Waals surface area contributed by atoms with Gasteiger partial charge in [0.1, 0.15) is 0 Å². The maximum atomic E-state index is 12.7. The molecule has 0 atom stereocenters. The lowest BCUT2D eigenvalue weighted by molar-refractivity contribution is -0.142. The smallest absolute Gasteiger partial charge is 0.346 e. The molecule has 1 aromatic rings. The summed E-state index contributed by atoms with van der Waals surface area (Å²) >= 11 is 3.02. The quantitative estimate of drug-likeness (QED) is 0.789. The summed E-state index contributed by atoms with van der Waals surface area (Å²) in [5.41, 5.74) is -0.707. The van der Waals surface area contributed by atoms with E-state index in [1.54, 1.807) is 0 Å². The second-order valence-electron chi connectivity index (χ2n) is 3.30. The van der Waals surface area contributed by atoms with E-state index >= 15 is 0 Å². The lowest BCUT2D eigenvalue weighted by atomic mass is 10.1. The minimum Gasteiger partial charge on any atom is -0.346 e. The third-order valence-electron chi connectivity index (χ3n) is 2.20. The molecule has 1 fully saturated rings. The highest BCUT2D eigenvalue weighted by Crippen LogP contribution is 2.38. The molecular weight excluding hydrogens is 289 g/mol. The molecule has 1 aliphatic rings. The Morgan fingerprint density at radius 3 is 2.38 bits per heavy atom. The van der Waals surface area contributed by atoms with Gasteiger partial charge in [0.15, 0.2) is 6.29 Å². The van der Waals surface area contributed by atoms with Crippen molar-refractivity contribution in [3.8, 4) is 0 Å². The summed E-state index contributed by atoms with van der Waals surface area (Å²) in [6.45, 7) is 0.635. The number of alkyl halides is 3. The van der Waals surface area contributed by atoms with Crippen LogP contribution in [0.4, 0.5) is 13.2 Å². The van der Waals surface area contributed by atoms with Gasteiger partial charge in [-0.05, 0) is 12.1 Å². The number of halogens is 4. The maximum absolute atomic E-state index is 12.7. The predicted octanol–water partition coefficient (Wildman–Crippen LogP) is 3.51. The molecule has 1 saturated heterocycles. The van der Waals surface area contributed by atoms with Crippen LogP contribution < -0.4 is 0 Å². The van der Waals surface area contributed by atoms with E-state index in [-0.39, 0.29) is 5.56 Å². The first-order valence-corrected chi connectivity index (χ1v) is 5.37. The minimum absolute atomic E-state index is 0.0215. The molecule has 0 bridgehead atoms. The van der Waals surface area contributed by atoms with E-state index in [2.05, 4.69) is 15.9 Å². The van der Waals surface area contributed by atoms with Gasteiger partial charge in [-0.3, -0.25) is 0 Å². The fourth-order valence-electron chi connectivity index (χ4n) is 1.52. The van der Waals surface area contributed by atoms with Gasteiger partial charge in [0.25, 0.3) is 0 Å². The van der Waals surface area contributed by atoms with Crippen LogP contribution in [0.5, 0.6) is 0 Å². The van der Waals surface area contributed by atoms with Crippen LogP contribution in [0, 0.1) is 0 Å². The van der Waals surface area contributed by atoms with Crippen molar-refractivity contribution >= 4 is 15.9 Å². The summed E-state index contributed by atoms with van der Waals surface area (Å²) in [4.78, 5) is 0. The fraction of sp³-hybridized carbons (Fsp3) is 0.400. The molecule has 1 aliphatic heterocycles. The van der Waals surface area contributed by atoms with E-state index < -0.39 is 18.0 Å². The van der Waals surface area contributed by atoms with Crippen LogP contribution in [-0.2, 0) is 15.7 Å². The van der Waals surface area contributed by atoms with Crippen molar-refractivity contribution in [1.82, 2.24) is 0 Å². The van der Waals surface area contributed by atoms with E-state index in [0.29, 0.717) is 17.7 Å². The number of hydrogen-bond donors (Lipinski definition) is 0. The molecule has 0 spiro atoms. The Kier molecular flexibility index (Phi) is 3.23. The van der Waals surface area contributed by atoms with Gasteiger partial charge in [0.05, 0.1) is 18.8 Å². The van der Waals surface area contributed by atoms with Gasteiger partial charge in [0.2, 0.25) is 0 Å². The van der Waals surface area contributed by atoms with Crippen LogP contribution in [-0.4, -0.2) is 13.2 Å². The summed E-state index contributed by atoms with van der Waals surface area (Å²) < 4.78 is 48.8. The molecule has 0 amide bonds. The number of hydrogen-bond acceptors (Lipinski definition) is 2. The molecule has 2 nitrogen and oxygen atoms in total. The normalized spacial score (nSPS) is 18.0. The van der Waals surface area contributed by atoms with Gasteiger partial charge < -0.3 is 9.47 Å². The van der Waals surface area contributed by atoms with Crippen LogP contribution >= 0.6 is 15.9 Å². The zero-order valence-corrected chi connectivity index (χ0v) is 9.64. The van der Waals surface area contributed by atoms with Crippen molar-refractivity contribution in [3.05, 3.63) is 33.8 Å². The number of benzene rings is 1. The average Bonchev–Trinajstić information content (AvgIpc) is 2.69. The Morgan fingerprint density at radius 1 is 1.19 bits per heavy atom. The summed E-state index contributed by atoms with van der Waals surface area (Å²) in [7, 11) is 0. The van der Waals surface area contributed by atoms with Crippen LogP contribution in [0.1, 0.15) is 17.4 Å². The SMILES string of the molecule is FC(F)(F)c1cc(Br)ccc1C1OCCO1. The van der Waals surface area contributed by atoms with E-state index in [1.807, 2.05) is 0 Å². The first-order chi connectivity index (χ1) is 7.48. The van der Waals surface area contributed by atoms with Crippen molar-refractivity contribution in [1.29, 1.82) is 0 Å². The zero-order chi connectivity index (χ0) is 11.8. The maximum Gasteiger partial charge on any atom is 0.416 e. The number of rotatable bonds is 1. The molecule has 0 N–H and O–H groups in total. The molecule has 2 rings (SSSR count). The molecule has 0 saturated carbocycles.